The van der Waals surface area contributed by atoms with Crippen molar-refractivity contribution in [1.82, 2.24) is 14.9 Å². The average molecular weight is 444 g/mol. The number of hydrogen-bond acceptors (Lipinski definition) is 5. The number of benzene rings is 1. The molecule has 164 valence electrons. The fraction of sp³-hybridized carbons (Fsp3) is 0.348. The number of carbonyl (C=O) groups excluding carboxylic acids is 1. The van der Waals surface area contributed by atoms with Crippen LogP contribution in [0.1, 0.15) is 30.2 Å². The highest BCUT2D eigenvalue weighted by atomic mass is 35.5. The summed E-state index contributed by atoms with van der Waals surface area (Å²) in [4.78, 5) is 30.2. The Bertz CT molecular complexity index is 1130. The maximum absolute atomic E-state index is 13.2. The molecule has 2 aromatic heterocycles. The summed E-state index contributed by atoms with van der Waals surface area (Å²) in [6, 6.07) is 8.94. The molecule has 3 aromatic rings. The number of aryl methyl sites for hydroxylation is 2. The minimum absolute atomic E-state index is 0.0333. The second-order valence-corrected chi connectivity index (χ2v) is 7.69. The van der Waals surface area contributed by atoms with Crippen LogP contribution in [0.5, 0.6) is 5.88 Å². The van der Waals surface area contributed by atoms with Crippen molar-refractivity contribution < 1.29 is 14.6 Å². The number of fused-ring (bicyclic) bond motifs is 1. The molecule has 2 N–H and O–H groups in total. The maximum atomic E-state index is 13.2. The first-order valence-corrected chi connectivity index (χ1v) is 10.6. The van der Waals surface area contributed by atoms with Crippen LogP contribution in [0.3, 0.4) is 0 Å². The van der Waals surface area contributed by atoms with Gasteiger partial charge in [0.05, 0.1) is 18.4 Å². The third kappa shape index (κ3) is 5.62. The van der Waals surface area contributed by atoms with Gasteiger partial charge in [-0.1, -0.05) is 23.7 Å². The summed E-state index contributed by atoms with van der Waals surface area (Å²) in [5.74, 6) is 0.136. The van der Waals surface area contributed by atoms with Crippen LogP contribution in [0.25, 0.3) is 10.9 Å². The number of amides is 1. The van der Waals surface area contributed by atoms with Gasteiger partial charge < -0.3 is 19.7 Å². The van der Waals surface area contributed by atoms with Gasteiger partial charge in [-0.3, -0.25) is 9.59 Å². The molecular weight excluding hydrogens is 418 g/mol. The molecule has 0 atom stereocenters. The Morgan fingerprint density at radius 3 is 2.71 bits per heavy atom. The molecule has 0 aliphatic heterocycles. The highest BCUT2D eigenvalue weighted by Crippen LogP contribution is 2.23. The number of nitrogens with one attached hydrogen (secondary N) is 1. The SMILES string of the molecule is CCOc1nc(CCCO)cc2c(=O)c(CC(=O)NCc3ccc(Cl)cc3)cn(C)c12. The first-order chi connectivity index (χ1) is 14.9. The minimum Gasteiger partial charge on any atom is -0.476 e. The summed E-state index contributed by atoms with van der Waals surface area (Å²) >= 11 is 5.88. The van der Waals surface area contributed by atoms with Gasteiger partial charge in [0.25, 0.3) is 0 Å². The zero-order valence-corrected chi connectivity index (χ0v) is 18.4. The van der Waals surface area contributed by atoms with E-state index in [4.69, 9.17) is 21.4 Å². The zero-order valence-electron chi connectivity index (χ0n) is 17.7. The highest BCUT2D eigenvalue weighted by molar-refractivity contribution is 6.30. The van der Waals surface area contributed by atoms with Gasteiger partial charge in [-0.15, -0.1) is 0 Å². The van der Waals surface area contributed by atoms with E-state index in [1.54, 1.807) is 36.0 Å². The van der Waals surface area contributed by atoms with Crippen LogP contribution < -0.4 is 15.5 Å². The topological polar surface area (TPSA) is 93.5 Å². The second-order valence-electron chi connectivity index (χ2n) is 7.25. The summed E-state index contributed by atoms with van der Waals surface area (Å²) < 4.78 is 7.44. The number of ether oxygens (including phenoxy) is 1. The number of carbonyl (C=O) groups is 1. The van der Waals surface area contributed by atoms with Gasteiger partial charge in [-0.25, -0.2) is 4.98 Å². The standard InChI is InChI=1S/C23H26ClN3O4/c1-3-31-23-21-19(12-18(26-23)5-4-10-28)22(30)16(14-27(21)2)11-20(29)25-13-15-6-8-17(24)9-7-15/h6-9,12,14,28H,3-5,10-11,13H2,1-2H3,(H,25,29). The van der Waals surface area contributed by atoms with Crippen LogP contribution in [0.4, 0.5) is 0 Å². The molecule has 2 heterocycles. The predicted molar refractivity (Wildman–Crippen MR) is 121 cm³/mol. The Hall–Kier alpha value is -2.90. The van der Waals surface area contributed by atoms with E-state index in [0.29, 0.717) is 59.1 Å². The zero-order chi connectivity index (χ0) is 22.4. The number of aliphatic hydroxyl groups is 1. The predicted octanol–water partition coefficient (Wildman–Crippen LogP) is 2.77. The van der Waals surface area contributed by atoms with Crippen molar-refractivity contribution in [2.75, 3.05) is 13.2 Å². The molecule has 0 bridgehead atoms. The monoisotopic (exact) mass is 443 g/mol. The summed E-state index contributed by atoms with van der Waals surface area (Å²) in [5.41, 5.74) is 2.36. The summed E-state index contributed by atoms with van der Waals surface area (Å²) in [6.45, 7) is 2.66. The van der Waals surface area contributed by atoms with Crippen LogP contribution in [0.15, 0.2) is 41.3 Å². The largest absolute Gasteiger partial charge is 0.476 e. The van der Waals surface area contributed by atoms with Crippen molar-refractivity contribution in [3.63, 3.8) is 0 Å². The van der Waals surface area contributed by atoms with E-state index in [0.717, 1.165) is 5.56 Å². The van der Waals surface area contributed by atoms with Crippen molar-refractivity contribution in [3.05, 3.63) is 68.6 Å². The summed E-state index contributed by atoms with van der Waals surface area (Å²) in [5, 5.41) is 13.1. The van der Waals surface area contributed by atoms with Gasteiger partial charge in [-0.05, 0) is 43.5 Å². The van der Waals surface area contributed by atoms with Crippen molar-refractivity contribution in [2.45, 2.75) is 32.7 Å². The lowest BCUT2D eigenvalue weighted by atomic mass is 10.1. The molecule has 1 amide bonds. The first-order valence-electron chi connectivity index (χ1n) is 10.2. The van der Waals surface area contributed by atoms with E-state index < -0.39 is 0 Å². The Labute approximate surface area is 185 Å². The van der Waals surface area contributed by atoms with Crippen molar-refractivity contribution >= 4 is 28.4 Å². The Morgan fingerprint density at radius 2 is 2.03 bits per heavy atom. The van der Waals surface area contributed by atoms with Gasteiger partial charge in [-0.2, -0.15) is 0 Å². The molecule has 0 aliphatic rings. The smallest absolute Gasteiger partial charge is 0.238 e. The minimum atomic E-state index is -0.244. The molecule has 0 aliphatic carbocycles. The first kappa shape index (κ1) is 22.8. The molecule has 7 nitrogen and oxygen atoms in total. The lowest BCUT2D eigenvalue weighted by Gasteiger charge is -2.14. The van der Waals surface area contributed by atoms with Crippen molar-refractivity contribution in [3.8, 4) is 5.88 Å². The number of halogens is 1. The number of hydrogen-bond donors (Lipinski definition) is 2. The quantitative estimate of drug-likeness (QED) is 0.530. The number of aromatic nitrogens is 2. The lowest BCUT2D eigenvalue weighted by molar-refractivity contribution is -0.120. The molecule has 0 saturated heterocycles. The molecule has 0 fully saturated rings. The van der Waals surface area contributed by atoms with Gasteiger partial charge in [0.1, 0.15) is 5.52 Å². The molecule has 1 aromatic carbocycles. The van der Waals surface area contributed by atoms with Crippen molar-refractivity contribution in [2.24, 2.45) is 7.05 Å². The van der Waals surface area contributed by atoms with Gasteiger partial charge >= 0.3 is 0 Å². The maximum Gasteiger partial charge on any atom is 0.238 e. The third-order valence-corrected chi connectivity index (χ3v) is 5.13. The summed E-state index contributed by atoms with van der Waals surface area (Å²) in [7, 11) is 1.80. The average Bonchev–Trinajstić information content (AvgIpc) is 2.75. The van der Waals surface area contributed by atoms with E-state index in [1.165, 1.54) is 0 Å². The van der Waals surface area contributed by atoms with Gasteiger partial charge in [0.2, 0.25) is 11.8 Å². The molecule has 0 radical (unpaired) electrons. The third-order valence-electron chi connectivity index (χ3n) is 4.88. The molecule has 31 heavy (non-hydrogen) atoms. The van der Waals surface area contributed by atoms with Crippen LogP contribution in [0, 0.1) is 0 Å². The van der Waals surface area contributed by atoms with E-state index in [9.17, 15) is 9.59 Å². The fourth-order valence-corrected chi connectivity index (χ4v) is 3.53. The Balaban J connectivity index is 1.88. The summed E-state index contributed by atoms with van der Waals surface area (Å²) in [6.07, 6.45) is 2.69. The van der Waals surface area contributed by atoms with E-state index in [-0.39, 0.29) is 24.4 Å². The van der Waals surface area contributed by atoms with Crippen LogP contribution in [0.2, 0.25) is 5.02 Å². The number of rotatable bonds is 9. The van der Waals surface area contributed by atoms with Gasteiger partial charge in [0, 0.05) is 42.7 Å². The van der Waals surface area contributed by atoms with E-state index >= 15 is 0 Å². The van der Waals surface area contributed by atoms with Gasteiger partial charge in [0.15, 0.2) is 5.43 Å². The van der Waals surface area contributed by atoms with Crippen LogP contribution in [-0.4, -0.2) is 33.8 Å². The molecule has 3 rings (SSSR count). The molecule has 0 saturated carbocycles. The Kier molecular flexibility index (Phi) is 7.65. The van der Waals surface area contributed by atoms with Crippen LogP contribution in [-0.2, 0) is 31.2 Å². The molecule has 0 unspecified atom stereocenters. The number of aliphatic hydroxyl groups excluding tert-OH is 1. The molecule has 8 heteroatoms. The second kappa shape index (κ2) is 10.4. The lowest BCUT2D eigenvalue weighted by Crippen LogP contribution is -2.27. The van der Waals surface area contributed by atoms with Crippen molar-refractivity contribution in [1.29, 1.82) is 0 Å². The number of nitrogens with zero attached hydrogens (tertiary/aromatic N) is 2. The fourth-order valence-electron chi connectivity index (χ4n) is 3.40. The van der Waals surface area contributed by atoms with E-state index in [1.807, 2.05) is 19.1 Å². The van der Waals surface area contributed by atoms with Crippen LogP contribution >= 0.6 is 11.6 Å². The highest BCUT2D eigenvalue weighted by Gasteiger charge is 2.17. The molecular formula is C23H26ClN3O4. The normalized spacial score (nSPS) is 11.0. The Morgan fingerprint density at radius 1 is 1.29 bits per heavy atom. The molecule has 0 spiro atoms. The van der Waals surface area contributed by atoms with E-state index in [2.05, 4.69) is 10.3 Å². The number of pyridine rings is 2.